The topological polar surface area (TPSA) is 59.6 Å². The molecule has 0 saturated carbocycles. The van der Waals surface area contributed by atoms with Gasteiger partial charge in [-0.2, -0.15) is 0 Å². The Bertz CT molecular complexity index is 490. The third-order valence-corrected chi connectivity index (χ3v) is 3.67. The van der Waals surface area contributed by atoms with Gasteiger partial charge in [0.1, 0.15) is 5.82 Å². The van der Waals surface area contributed by atoms with Crippen molar-refractivity contribution in [2.24, 2.45) is 0 Å². The highest BCUT2D eigenvalue weighted by molar-refractivity contribution is 5.94. The van der Waals surface area contributed by atoms with Gasteiger partial charge < -0.3 is 20.1 Å². The average Bonchev–Trinajstić information content (AvgIpc) is 3.04. The van der Waals surface area contributed by atoms with Crippen molar-refractivity contribution in [3.8, 4) is 0 Å². The summed E-state index contributed by atoms with van der Waals surface area (Å²) in [4.78, 5) is 12.1. The first-order chi connectivity index (χ1) is 10.7. The van der Waals surface area contributed by atoms with Gasteiger partial charge in [0.25, 0.3) is 5.91 Å². The number of nitrogens with one attached hydrogen (secondary N) is 2. The summed E-state index contributed by atoms with van der Waals surface area (Å²) in [6.45, 7) is 2.56. The molecule has 1 amide bonds. The predicted octanol–water partition coefficient (Wildman–Crippen LogP) is 1.47. The van der Waals surface area contributed by atoms with Crippen LogP contribution in [0.25, 0.3) is 0 Å². The van der Waals surface area contributed by atoms with E-state index in [2.05, 4.69) is 10.6 Å². The summed E-state index contributed by atoms with van der Waals surface area (Å²) in [6.07, 6.45) is 2.21. The lowest BCUT2D eigenvalue weighted by atomic mass is 10.1. The van der Waals surface area contributed by atoms with Gasteiger partial charge >= 0.3 is 0 Å². The molecule has 1 atom stereocenters. The summed E-state index contributed by atoms with van der Waals surface area (Å²) < 4.78 is 23.9. The van der Waals surface area contributed by atoms with E-state index in [0.717, 1.165) is 19.4 Å². The summed E-state index contributed by atoms with van der Waals surface area (Å²) in [5, 5.41) is 6.20. The molecule has 1 aliphatic rings. The summed E-state index contributed by atoms with van der Waals surface area (Å²) in [5.41, 5.74) is 0.826. The molecule has 22 heavy (non-hydrogen) atoms. The summed E-state index contributed by atoms with van der Waals surface area (Å²) in [6, 6.07) is 4.67. The average molecular weight is 310 g/mol. The van der Waals surface area contributed by atoms with Crippen LogP contribution in [-0.4, -0.2) is 45.4 Å². The van der Waals surface area contributed by atoms with Crippen LogP contribution in [0.1, 0.15) is 28.8 Å². The number of carbonyl (C=O) groups excluding carboxylic acids is 1. The second kappa shape index (κ2) is 8.82. The SMILES string of the molecule is COCCOCc1cc(C(=O)NCC2CCCN2)ccc1F. The number of amides is 1. The van der Waals surface area contributed by atoms with Crippen LogP contribution < -0.4 is 10.6 Å². The van der Waals surface area contributed by atoms with Gasteiger partial charge in [0.05, 0.1) is 19.8 Å². The number of halogens is 1. The lowest BCUT2D eigenvalue weighted by molar-refractivity contribution is 0.0604. The van der Waals surface area contributed by atoms with Crippen molar-refractivity contribution in [2.75, 3.05) is 33.4 Å². The molecule has 1 saturated heterocycles. The Morgan fingerprint density at radius 3 is 3.05 bits per heavy atom. The van der Waals surface area contributed by atoms with E-state index in [1.54, 1.807) is 13.2 Å². The smallest absolute Gasteiger partial charge is 0.251 e. The Kier molecular flexibility index (Phi) is 6.76. The van der Waals surface area contributed by atoms with Gasteiger partial charge in [0, 0.05) is 30.8 Å². The lowest BCUT2D eigenvalue weighted by Gasteiger charge is -2.12. The number of methoxy groups -OCH3 is 1. The Balaban J connectivity index is 1.87. The Hall–Kier alpha value is -1.50. The number of carbonyl (C=O) groups is 1. The van der Waals surface area contributed by atoms with E-state index in [1.165, 1.54) is 12.1 Å². The van der Waals surface area contributed by atoms with Gasteiger partial charge in [0.2, 0.25) is 0 Å². The van der Waals surface area contributed by atoms with Gasteiger partial charge in [-0.15, -0.1) is 0 Å². The summed E-state index contributed by atoms with van der Waals surface area (Å²) >= 11 is 0. The van der Waals surface area contributed by atoms with E-state index in [-0.39, 0.29) is 18.3 Å². The number of rotatable bonds is 8. The second-order valence-corrected chi connectivity index (χ2v) is 5.35. The van der Waals surface area contributed by atoms with Crippen LogP contribution in [0.2, 0.25) is 0 Å². The van der Waals surface area contributed by atoms with Crippen LogP contribution >= 0.6 is 0 Å². The highest BCUT2D eigenvalue weighted by atomic mass is 19.1. The van der Waals surface area contributed by atoms with Gasteiger partial charge in [-0.05, 0) is 37.6 Å². The maximum Gasteiger partial charge on any atom is 0.251 e. The van der Waals surface area contributed by atoms with E-state index in [0.29, 0.717) is 36.9 Å². The fraction of sp³-hybridized carbons (Fsp3) is 0.562. The van der Waals surface area contributed by atoms with Crippen molar-refractivity contribution in [1.82, 2.24) is 10.6 Å². The minimum absolute atomic E-state index is 0.125. The minimum atomic E-state index is -0.369. The number of hydrogen-bond donors (Lipinski definition) is 2. The molecule has 122 valence electrons. The molecule has 1 heterocycles. The van der Waals surface area contributed by atoms with Crippen molar-refractivity contribution in [3.63, 3.8) is 0 Å². The van der Waals surface area contributed by atoms with Crippen LogP contribution in [0, 0.1) is 5.82 Å². The van der Waals surface area contributed by atoms with Crippen molar-refractivity contribution in [2.45, 2.75) is 25.5 Å². The van der Waals surface area contributed by atoms with Crippen molar-refractivity contribution < 1.29 is 18.7 Å². The Morgan fingerprint density at radius 2 is 2.32 bits per heavy atom. The molecule has 0 aliphatic carbocycles. The van der Waals surface area contributed by atoms with E-state index in [4.69, 9.17) is 9.47 Å². The maximum atomic E-state index is 13.7. The van der Waals surface area contributed by atoms with E-state index in [1.807, 2.05) is 0 Å². The summed E-state index contributed by atoms with van der Waals surface area (Å²) in [7, 11) is 1.58. The molecule has 0 aromatic heterocycles. The van der Waals surface area contributed by atoms with Crippen LogP contribution in [-0.2, 0) is 16.1 Å². The standard InChI is InChI=1S/C16H23FN2O3/c1-21-7-8-22-11-13-9-12(4-5-15(13)17)16(20)19-10-14-3-2-6-18-14/h4-5,9,14,18H,2-3,6-8,10-11H2,1H3,(H,19,20). The molecular formula is C16H23FN2O3. The molecule has 0 bridgehead atoms. The number of benzene rings is 1. The molecule has 5 nitrogen and oxygen atoms in total. The van der Waals surface area contributed by atoms with Gasteiger partial charge in [-0.1, -0.05) is 0 Å². The Morgan fingerprint density at radius 1 is 1.45 bits per heavy atom. The molecule has 0 radical (unpaired) electrons. The van der Waals surface area contributed by atoms with Gasteiger partial charge in [-0.3, -0.25) is 4.79 Å². The molecule has 2 N–H and O–H groups in total. The predicted molar refractivity (Wildman–Crippen MR) is 81.3 cm³/mol. The van der Waals surface area contributed by atoms with Crippen LogP contribution in [0.5, 0.6) is 0 Å². The molecule has 1 fully saturated rings. The molecule has 1 aromatic rings. The van der Waals surface area contributed by atoms with Crippen molar-refractivity contribution >= 4 is 5.91 Å². The first-order valence-electron chi connectivity index (χ1n) is 7.57. The highest BCUT2D eigenvalue weighted by Gasteiger charge is 2.16. The van der Waals surface area contributed by atoms with Crippen LogP contribution in [0.3, 0.4) is 0 Å². The van der Waals surface area contributed by atoms with Crippen LogP contribution in [0.15, 0.2) is 18.2 Å². The molecule has 1 aliphatic heterocycles. The largest absolute Gasteiger partial charge is 0.382 e. The molecule has 1 unspecified atom stereocenters. The molecule has 2 rings (SSSR count). The fourth-order valence-electron chi connectivity index (χ4n) is 2.40. The molecule has 0 spiro atoms. The first kappa shape index (κ1) is 16.9. The fourth-order valence-corrected chi connectivity index (χ4v) is 2.40. The summed E-state index contributed by atoms with van der Waals surface area (Å²) in [5.74, 6) is -0.557. The number of hydrogen-bond acceptors (Lipinski definition) is 4. The first-order valence-corrected chi connectivity index (χ1v) is 7.57. The van der Waals surface area contributed by atoms with E-state index in [9.17, 15) is 9.18 Å². The quantitative estimate of drug-likeness (QED) is 0.714. The van der Waals surface area contributed by atoms with Crippen molar-refractivity contribution in [1.29, 1.82) is 0 Å². The maximum absolute atomic E-state index is 13.7. The molecular weight excluding hydrogens is 287 g/mol. The third-order valence-electron chi connectivity index (χ3n) is 3.67. The van der Waals surface area contributed by atoms with Gasteiger partial charge in [0.15, 0.2) is 0 Å². The minimum Gasteiger partial charge on any atom is -0.382 e. The molecule has 1 aromatic carbocycles. The molecule has 6 heteroatoms. The highest BCUT2D eigenvalue weighted by Crippen LogP contribution is 2.12. The van der Waals surface area contributed by atoms with Crippen LogP contribution in [0.4, 0.5) is 4.39 Å². The monoisotopic (exact) mass is 310 g/mol. The number of ether oxygens (including phenoxy) is 2. The van der Waals surface area contributed by atoms with E-state index >= 15 is 0 Å². The Labute approximate surface area is 130 Å². The van der Waals surface area contributed by atoms with Gasteiger partial charge in [-0.25, -0.2) is 4.39 Å². The normalized spacial score (nSPS) is 17.6. The van der Waals surface area contributed by atoms with Crippen molar-refractivity contribution in [3.05, 3.63) is 35.1 Å². The lowest BCUT2D eigenvalue weighted by Crippen LogP contribution is -2.37. The van der Waals surface area contributed by atoms with E-state index < -0.39 is 0 Å². The zero-order chi connectivity index (χ0) is 15.8. The zero-order valence-corrected chi connectivity index (χ0v) is 12.9. The zero-order valence-electron chi connectivity index (χ0n) is 12.9. The second-order valence-electron chi connectivity index (χ2n) is 5.35. The third kappa shape index (κ3) is 5.05.